The number of aryl methyl sites for hydroxylation is 1. The highest BCUT2D eigenvalue weighted by Gasteiger charge is 2.29. The van der Waals surface area contributed by atoms with Crippen molar-refractivity contribution in [3.63, 3.8) is 0 Å². The molecule has 0 saturated carbocycles. The van der Waals surface area contributed by atoms with Crippen molar-refractivity contribution in [2.24, 2.45) is 5.92 Å². The second-order valence-corrected chi connectivity index (χ2v) is 6.31. The molecular formula is C13H17N3O2S. The van der Waals surface area contributed by atoms with Crippen LogP contribution >= 0.6 is 11.8 Å². The Hall–Kier alpha value is -1.30. The molecule has 1 atom stereocenters. The maximum atomic E-state index is 12.5. The molecule has 102 valence electrons. The van der Waals surface area contributed by atoms with Gasteiger partial charge in [0, 0.05) is 36.6 Å². The van der Waals surface area contributed by atoms with Gasteiger partial charge >= 0.3 is 0 Å². The summed E-state index contributed by atoms with van der Waals surface area (Å²) in [6, 6.07) is 1.59. The normalized spacial score (nSPS) is 22.9. The third-order valence-corrected chi connectivity index (χ3v) is 4.79. The number of amides is 1. The Morgan fingerprint density at radius 1 is 1.42 bits per heavy atom. The summed E-state index contributed by atoms with van der Waals surface area (Å²) in [6.07, 6.45) is 2.29. The number of thioether (sulfide) groups is 1. The number of fused-ring (bicyclic) bond motifs is 1. The molecule has 3 rings (SSSR count). The minimum Gasteiger partial charge on any atom is -0.341 e. The molecule has 2 heterocycles. The van der Waals surface area contributed by atoms with Crippen molar-refractivity contribution in [1.82, 2.24) is 15.1 Å². The molecule has 0 radical (unpaired) electrons. The van der Waals surface area contributed by atoms with Crippen LogP contribution in [0.3, 0.4) is 0 Å². The lowest BCUT2D eigenvalue weighted by molar-refractivity contribution is -0.135. The first-order chi connectivity index (χ1) is 9.24. The van der Waals surface area contributed by atoms with Gasteiger partial charge in [0.05, 0.1) is 5.69 Å². The summed E-state index contributed by atoms with van der Waals surface area (Å²) in [5.41, 5.74) is 1.71. The Labute approximate surface area is 115 Å². The fourth-order valence-electron chi connectivity index (χ4n) is 2.79. The third kappa shape index (κ3) is 2.68. The van der Waals surface area contributed by atoms with E-state index in [1.807, 2.05) is 16.7 Å². The lowest BCUT2D eigenvalue weighted by Gasteiger charge is -2.32. The Kier molecular flexibility index (Phi) is 3.59. The van der Waals surface area contributed by atoms with Gasteiger partial charge in [-0.3, -0.25) is 9.59 Å². The maximum Gasteiger partial charge on any atom is 0.264 e. The van der Waals surface area contributed by atoms with Gasteiger partial charge in [0.2, 0.25) is 5.91 Å². The summed E-state index contributed by atoms with van der Waals surface area (Å²) >= 11 is 1.90. The van der Waals surface area contributed by atoms with Gasteiger partial charge in [-0.05, 0) is 24.8 Å². The standard InChI is InChI=1S/C13H17N3O2S/c17-12-8-10-7-9(1-2-11(10)14-15-12)13(18)16-3-5-19-6-4-16/h8-9H,1-7H2,(H,15,17)/t9-/m1/s1. The van der Waals surface area contributed by atoms with Gasteiger partial charge in [0.25, 0.3) is 5.56 Å². The maximum absolute atomic E-state index is 12.5. The summed E-state index contributed by atoms with van der Waals surface area (Å²) in [5.74, 6) is 2.36. The predicted octanol–water partition coefficient (Wildman–Crippen LogP) is 0.450. The molecule has 2 aliphatic rings. The van der Waals surface area contributed by atoms with Crippen LogP contribution in [0.2, 0.25) is 0 Å². The van der Waals surface area contributed by atoms with Crippen LogP contribution in [-0.2, 0) is 17.6 Å². The summed E-state index contributed by atoms with van der Waals surface area (Å²) in [4.78, 5) is 25.7. The van der Waals surface area contributed by atoms with E-state index in [2.05, 4.69) is 10.2 Å². The molecule has 0 aromatic carbocycles. The molecule has 0 spiro atoms. The molecule has 1 aliphatic heterocycles. The summed E-state index contributed by atoms with van der Waals surface area (Å²) < 4.78 is 0. The fraction of sp³-hybridized carbons (Fsp3) is 0.615. The summed E-state index contributed by atoms with van der Waals surface area (Å²) in [5, 5.41) is 6.52. The number of hydrogen-bond acceptors (Lipinski definition) is 4. The van der Waals surface area contributed by atoms with Crippen LogP contribution in [0.4, 0.5) is 0 Å². The smallest absolute Gasteiger partial charge is 0.264 e. The minimum absolute atomic E-state index is 0.0270. The van der Waals surface area contributed by atoms with Crippen molar-refractivity contribution in [3.8, 4) is 0 Å². The quantitative estimate of drug-likeness (QED) is 0.810. The molecule has 1 N–H and O–H groups in total. The number of carbonyl (C=O) groups is 1. The Balaban J connectivity index is 1.74. The number of nitrogens with one attached hydrogen (secondary N) is 1. The zero-order valence-electron chi connectivity index (χ0n) is 10.7. The number of nitrogens with zero attached hydrogens (tertiary/aromatic N) is 2. The third-order valence-electron chi connectivity index (χ3n) is 3.84. The number of carbonyl (C=O) groups excluding carboxylic acids is 1. The van der Waals surface area contributed by atoms with Crippen LogP contribution in [0.15, 0.2) is 10.9 Å². The largest absolute Gasteiger partial charge is 0.341 e. The van der Waals surface area contributed by atoms with Gasteiger partial charge in [0.1, 0.15) is 0 Å². The summed E-state index contributed by atoms with van der Waals surface area (Å²) in [7, 11) is 0. The molecule has 1 aliphatic carbocycles. The lowest BCUT2D eigenvalue weighted by Crippen LogP contribution is -2.43. The number of rotatable bonds is 1. The molecule has 19 heavy (non-hydrogen) atoms. The van der Waals surface area contributed by atoms with Gasteiger partial charge in [-0.2, -0.15) is 16.9 Å². The van der Waals surface area contributed by atoms with Gasteiger partial charge < -0.3 is 4.90 Å². The lowest BCUT2D eigenvalue weighted by atomic mass is 9.86. The fourth-order valence-corrected chi connectivity index (χ4v) is 3.70. The second kappa shape index (κ2) is 5.36. The topological polar surface area (TPSA) is 66.1 Å². The van der Waals surface area contributed by atoms with Crippen LogP contribution in [0.1, 0.15) is 17.7 Å². The van der Waals surface area contributed by atoms with E-state index in [-0.39, 0.29) is 17.4 Å². The minimum atomic E-state index is -0.179. The molecule has 1 saturated heterocycles. The number of aromatic nitrogens is 2. The average Bonchev–Trinajstić information content (AvgIpc) is 2.46. The van der Waals surface area contributed by atoms with E-state index >= 15 is 0 Å². The molecule has 1 aromatic heterocycles. The van der Waals surface area contributed by atoms with E-state index in [4.69, 9.17) is 0 Å². The predicted molar refractivity (Wildman–Crippen MR) is 74.3 cm³/mol. The highest BCUT2D eigenvalue weighted by molar-refractivity contribution is 7.99. The van der Waals surface area contributed by atoms with Crippen LogP contribution in [0.5, 0.6) is 0 Å². The van der Waals surface area contributed by atoms with Gasteiger partial charge in [-0.1, -0.05) is 0 Å². The van der Waals surface area contributed by atoms with Gasteiger partial charge in [0.15, 0.2) is 0 Å². The Bertz CT molecular complexity index is 537. The zero-order valence-corrected chi connectivity index (χ0v) is 11.5. The van der Waals surface area contributed by atoms with E-state index < -0.39 is 0 Å². The van der Waals surface area contributed by atoms with Crippen molar-refractivity contribution >= 4 is 17.7 Å². The molecule has 1 amide bonds. The highest BCUT2D eigenvalue weighted by Crippen LogP contribution is 2.25. The van der Waals surface area contributed by atoms with Crippen LogP contribution in [0, 0.1) is 5.92 Å². The molecule has 1 fully saturated rings. The van der Waals surface area contributed by atoms with Crippen LogP contribution in [-0.4, -0.2) is 45.6 Å². The first-order valence-corrected chi connectivity index (χ1v) is 7.83. The zero-order chi connectivity index (χ0) is 13.2. The van der Waals surface area contributed by atoms with E-state index in [0.717, 1.165) is 48.7 Å². The summed E-state index contributed by atoms with van der Waals surface area (Å²) in [6.45, 7) is 1.72. The van der Waals surface area contributed by atoms with Crippen molar-refractivity contribution < 1.29 is 4.79 Å². The highest BCUT2D eigenvalue weighted by atomic mass is 32.2. The van der Waals surface area contributed by atoms with E-state index in [1.54, 1.807) is 6.07 Å². The monoisotopic (exact) mass is 279 g/mol. The van der Waals surface area contributed by atoms with Gasteiger partial charge in [-0.15, -0.1) is 0 Å². The number of aromatic amines is 1. The molecule has 0 unspecified atom stereocenters. The number of hydrogen-bond donors (Lipinski definition) is 1. The van der Waals surface area contributed by atoms with Crippen molar-refractivity contribution in [2.75, 3.05) is 24.6 Å². The number of H-pyrrole nitrogens is 1. The van der Waals surface area contributed by atoms with Gasteiger partial charge in [-0.25, -0.2) is 5.10 Å². The van der Waals surface area contributed by atoms with Crippen LogP contribution < -0.4 is 5.56 Å². The molecule has 5 nitrogen and oxygen atoms in total. The second-order valence-electron chi connectivity index (χ2n) is 5.08. The van der Waals surface area contributed by atoms with E-state index in [9.17, 15) is 9.59 Å². The van der Waals surface area contributed by atoms with E-state index in [0.29, 0.717) is 6.42 Å². The average molecular weight is 279 g/mol. The molecular weight excluding hydrogens is 262 g/mol. The van der Waals surface area contributed by atoms with Crippen molar-refractivity contribution in [1.29, 1.82) is 0 Å². The van der Waals surface area contributed by atoms with Crippen molar-refractivity contribution in [3.05, 3.63) is 27.7 Å². The molecule has 0 bridgehead atoms. The van der Waals surface area contributed by atoms with E-state index in [1.165, 1.54) is 0 Å². The first kappa shape index (κ1) is 12.7. The molecule has 1 aromatic rings. The SMILES string of the molecule is O=C([C@@H]1CCc2n[nH]c(=O)cc2C1)N1CCSCC1. The van der Waals surface area contributed by atoms with Crippen molar-refractivity contribution in [2.45, 2.75) is 19.3 Å². The van der Waals surface area contributed by atoms with Crippen LogP contribution in [0.25, 0.3) is 0 Å². The first-order valence-electron chi connectivity index (χ1n) is 6.68. The molecule has 6 heteroatoms. The Morgan fingerprint density at radius 3 is 3.00 bits per heavy atom. The Morgan fingerprint density at radius 2 is 2.21 bits per heavy atom.